The summed E-state index contributed by atoms with van der Waals surface area (Å²) in [4.78, 5) is 8.40. The molecule has 0 unspecified atom stereocenters. The van der Waals surface area contributed by atoms with E-state index in [4.69, 9.17) is 0 Å². The molecule has 0 saturated heterocycles. The lowest BCUT2D eigenvalue weighted by Gasteiger charge is -2.13. The van der Waals surface area contributed by atoms with Gasteiger partial charge < -0.3 is 0 Å². The molecule has 0 aliphatic heterocycles. The molecule has 0 spiro atoms. The Balaban J connectivity index is 1.44. The minimum atomic E-state index is 1.08. The van der Waals surface area contributed by atoms with Gasteiger partial charge in [-0.15, -0.1) is 0 Å². The molecule has 3 heteroatoms. The molecule has 37 heavy (non-hydrogen) atoms. The van der Waals surface area contributed by atoms with E-state index in [-0.39, 0.29) is 0 Å². The van der Waals surface area contributed by atoms with Crippen molar-refractivity contribution in [2.75, 3.05) is 0 Å². The number of pyridine rings is 2. The third-order valence-electron chi connectivity index (χ3n) is 6.51. The summed E-state index contributed by atoms with van der Waals surface area (Å²) in [6.45, 7) is 0. The smallest absolute Gasteiger partial charge is 0.0273 e. The predicted octanol–water partition coefficient (Wildman–Crippen LogP) is 9.57. The fourth-order valence-electron chi connectivity index (χ4n) is 4.64. The minimum Gasteiger partial charge on any atom is -0.265 e. The number of hydrogen-bond acceptors (Lipinski definition) is 2. The van der Waals surface area contributed by atoms with Crippen LogP contribution in [0.25, 0.3) is 55.6 Å². The Hall–Kier alpha value is -4.34. The summed E-state index contributed by atoms with van der Waals surface area (Å²) in [6, 6.07) is 40.9. The summed E-state index contributed by atoms with van der Waals surface area (Å²) in [5.41, 5.74) is 11.7. The van der Waals surface area contributed by atoms with Crippen LogP contribution in [0.5, 0.6) is 0 Å². The number of aromatic nitrogens is 2. The second-order valence-electron chi connectivity index (χ2n) is 8.94. The first-order valence-electron chi connectivity index (χ1n) is 12.2. The molecule has 0 N–H and O–H groups in total. The van der Waals surface area contributed by atoms with E-state index in [0.717, 1.165) is 26.7 Å². The van der Waals surface area contributed by atoms with E-state index in [2.05, 4.69) is 141 Å². The third kappa shape index (κ3) is 5.13. The lowest BCUT2D eigenvalue weighted by molar-refractivity contribution is 1.33. The van der Waals surface area contributed by atoms with E-state index in [1.165, 1.54) is 33.4 Å². The Morgan fingerprint density at radius 1 is 0.324 bits per heavy atom. The van der Waals surface area contributed by atoms with Crippen LogP contribution in [0, 0.1) is 0 Å². The molecule has 6 aromatic rings. The average Bonchev–Trinajstić information content (AvgIpc) is 2.98. The van der Waals surface area contributed by atoms with Gasteiger partial charge in [0, 0.05) is 29.3 Å². The van der Waals surface area contributed by atoms with Gasteiger partial charge in [0.2, 0.25) is 0 Å². The first-order valence-corrected chi connectivity index (χ1v) is 12.9. The molecule has 0 saturated carbocycles. The van der Waals surface area contributed by atoms with Crippen molar-refractivity contribution < 1.29 is 0 Å². The van der Waals surface area contributed by atoms with Gasteiger partial charge in [0.25, 0.3) is 0 Å². The Labute approximate surface area is 225 Å². The molecule has 0 amide bonds. The van der Waals surface area contributed by atoms with Crippen molar-refractivity contribution in [2.45, 2.75) is 0 Å². The zero-order valence-electron chi connectivity index (χ0n) is 20.1. The first-order chi connectivity index (χ1) is 18.2. The highest BCUT2D eigenvalue weighted by molar-refractivity contribution is 9.10. The van der Waals surface area contributed by atoms with Crippen LogP contribution in [0.2, 0.25) is 0 Å². The van der Waals surface area contributed by atoms with Crippen LogP contribution < -0.4 is 0 Å². The maximum absolute atomic E-state index is 4.20. The maximum Gasteiger partial charge on any atom is 0.0273 e. The molecule has 0 fully saturated rings. The second kappa shape index (κ2) is 10.3. The summed E-state index contributed by atoms with van der Waals surface area (Å²) in [5.74, 6) is 0. The van der Waals surface area contributed by atoms with Gasteiger partial charge in [-0.1, -0.05) is 64.5 Å². The average molecular weight is 539 g/mol. The molecule has 2 nitrogen and oxygen atoms in total. The Kier molecular flexibility index (Phi) is 6.45. The van der Waals surface area contributed by atoms with E-state index < -0.39 is 0 Å². The monoisotopic (exact) mass is 538 g/mol. The van der Waals surface area contributed by atoms with Crippen molar-refractivity contribution in [3.63, 3.8) is 0 Å². The normalized spacial score (nSPS) is 10.8. The number of nitrogens with zero attached hydrogens (tertiary/aromatic N) is 2. The number of halogens is 1. The van der Waals surface area contributed by atoms with Gasteiger partial charge >= 0.3 is 0 Å². The van der Waals surface area contributed by atoms with Crippen LogP contribution in [0.4, 0.5) is 0 Å². The van der Waals surface area contributed by atoms with E-state index in [9.17, 15) is 0 Å². The zero-order chi connectivity index (χ0) is 25.0. The van der Waals surface area contributed by atoms with E-state index >= 15 is 0 Å². The summed E-state index contributed by atoms with van der Waals surface area (Å²) >= 11 is 3.60. The molecule has 2 aromatic heterocycles. The van der Waals surface area contributed by atoms with Crippen molar-refractivity contribution in [1.82, 2.24) is 9.97 Å². The molecule has 6 rings (SSSR count). The van der Waals surface area contributed by atoms with Gasteiger partial charge in [-0.25, -0.2) is 0 Å². The SMILES string of the molecule is Brc1cccc(-c2cccc(-c3cccc(-c4cc(-c5ccncc5)cc(-c5ccncc5)c4)c3)c2)c1. The third-order valence-corrected chi connectivity index (χ3v) is 7.00. The molecular formula is C34H23BrN2. The zero-order valence-corrected chi connectivity index (χ0v) is 21.6. The van der Waals surface area contributed by atoms with Gasteiger partial charge in [-0.2, -0.15) is 0 Å². The highest BCUT2D eigenvalue weighted by atomic mass is 79.9. The molecule has 4 aromatic carbocycles. The highest BCUT2D eigenvalue weighted by Gasteiger charge is 2.09. The van der Waals surface area contributed by atoms with Crippen LogP contribution in [-0.4, -0.2) is 9.97 Å². The molecule has 0 aliphatic carbocycles. The van der Waals surface area contributed by atoms with E-state index in [0.29, 0.717) is 0 Å². The molecule has 0 atom stereocenters. The largest absolute Gasteiger partial charge is 0.265 e. The van der Waals surface area contributed by atoms with Crippen LogP contribution in [0.15, 0.2) is 145 Å². The summed E-state index contributed by atoms with van der Waals surface area (Å²) < 4.78 is 1.08. The van der Waals surface area contributed by atoms with Gasteiger partial charge in [-0.05, 0) is 122 Å². The Bertz CT molecular complexity index is 1620. The van der Waals surface area contributed by atoms with Gasteiger partial charge in [0.1, 0.15) is 0 Å². The molecule has 0 aliphatic rings. The first kappa shape index (κ1) is 23.1. The minimum absolute atomic E-state index is 1.08. The maximum atomic E-state index is 4.20. The molecular weight excluding hydrogens is 516 g/mol. The highest BCUT2D eigenvalue weighted by Crippen LogP contribution is 2.35. The van der Waals surface area contributed by atoms with Crippen molar-refractivity contribution in [1.29, 1.82) is 0 Å². The van der Waals surface area contributed by atoms with Crippen LogP contribution in [0.1, 0.15) is 0 Å². The van der Waals surface area contributed by atoms with Crippen LogP contribution in [-0.2, 0) is 0 Å². The van der Waals surface area contributed by atoms with Gasteiger partial charge in [0.05, 0.1) is 0 Å². The standard InChI is InChI=1S/C34H23BrN2/c35-34-9-3-8-30(23-34)28-6-1-4-26(18-28)27-5-2-7-29(19-27)33-21-31(24-10-14-36-15-11-24)20-32(22-33)25-12-16-37-17-13-25/h1-23H. The Morgan fingerprint density at radius 2 is 0.649 bits per heavy atom. The van der Waals surface area contributed by atoms with Crippen molar-refractivity contribution in [3.8, 4) is 55.6 Å². The van der Waals surface area contributed by atoms with Crippen LogP contribution >= 0.6 is 15.9 Å². The molecule has 0 radical (unpaired) electrons. The predicted molar refractivity (Wildman–Crippen MR) is 157 cm³/mol. The molecule has 176 valence electrons. The topological polar surface area (TPSA) is 25.8 Å². The quantitative estimate of drug-likeness (QED) is 0.218. The summed E-state index contributed by atoms with van der Waals surface area (Å²) in [7, 11) is 0. The van der Waals surface area contributed by atoms with Gasteiger partial charge in [-0.3, -0.25) is 9.97 Å². The summed E-state index contributed by atoms with van der Waals surface area (Å²) in [6.07, 6.45) is 7.36. The number of benzene rings is 4. The number of hydrogen-bond donors (Lipinski definition) is 0. The Morgan fingerprint density at radius 3 is 1.08 bits per heavy atom. The number of rotatable bonds is 5. The lowest BCUT2D eigenvalue weighted by Crippen LogP contribution is -1.88. The fourth-order valence-corrected chi connectivity index (χ4v) is 5.04. The van der Waals surface area contributed by atoms with E-state index in [1.54, 1.807) is 0 Å². The van der Waals surface area contributed by atoms with Crippen molar-refractivity contribution >= 4 is 15.9 Å². The molecule has 0 bridgehead atoms. The summed E-state index contributed by atoms with van der Waals surface area (Å²) in [5, 5.41) is 0. The van der Waals surface area contributed by atoms with E-state index in [1.807, 2.05) is 24.8 Å². The van der Waals surface area contributed by atoms with Crippen molar-refractivity contribution in [2.24, 2.45) is 0 Å². The van der Waals surface area contributed by atoms with Gasteiger partial charge in [0.15, 0.2) is 0 Å². The van der Waals surface area contributed by atoms with Crippen LogP contribution in [0.3, 0.4) is 0 Å². The lowest BCUT2D eigenvalue weighted by atomic mass is 9.92. The molecule has 2 heterocycles. The fraction of sp³-hybridized carbons (Fsp3) is 0. The second-order valence-corrected chi connectivity index (χ2v) is 9.86. The van der Waals surface area contributed by atoms with Crippen molar-refractivity contribution in [3.05, 3.63) is 145 Å².